The van der Waals surface area contributed by atoms with Crippen molar-refractivity contribution < 1.29 is 5.11 Å². The van der Waals surface area contributed by atoms with Gasteiger partial charge in [-0.1, -0.05) is 30.3 Å². The Morgan fingerprint density at radius 1 is 1.29 bits per heavy atom. The molecule has 3 unspecified atom stereocenters. The Morgan fingerprint density at radius 2 is 2.06 bits per heavy atom. The van der Waals surface area contributed by atoms with Crippen molar-refractivity contribution in [1.82, 2.24) is 0 Å². The van der Waals surface area contributed by atoms with E-state index < -0.39 is 0 Å². The molecular weight excluding hydrogens is 296 g/mol. The lowest BCUT2D eigenvalue weighted by atomic mass is 10.1. The topological polar surface area (TPSA) is 20.2 Å². The van der Waals surface area contributed by atoms with Crippen LogP contribution in [0.1, 0.15) is 28.9 Å². The molecule has 1 fully saturated rings. The number of hydrogen-bond donors (Lipinski definition) is 1. The van der Waals surface area contributed by atoms with Gasteiger partial charge in [0.2, 0.25) is 0 Å². The van der Waals surface area contributed by atoms with Gasteiger partial charge in [0, 0.05) is 14.7 Å². The first-order chi connectivity index (χ1) is 8.25. The molecule has 17 heavy (non-hydrogen) atoms. The van der Waals surface area contributed by atoms with Gasteiger partial charge in [-0.25, -0.2) is 0 Å². The lowest BCUT2D eigenvalue weighted by molar-refractivity contribution is 0.155. The number of hydrogen-bond acceptors (Lipinski definition) is 2. The number of halogens is 1. The molecule has 1 aliphatic carbocycles. The molecule has 0 aliphatic heterocycles. The van der Waals surface area contributed by atoms with Crippen LogP contribution < -0.4 is 0 Å². The molecule has 3 atom stereocenters. The van der Waals surface area contributed by atoms with E-state index in [1.807, 2.05) is 17.5 Å². The monoisotopic (exact) mass is 308 g/mol. The summed E-state index contributed by atoms with van der Waals surface area (Å²) in [5.74, 6) is 0.926. The average molecular weight is 309 g/mol. The van der Waals surface area contributed by atoms with Gasteiger partial charge in [-0.2, -0.15) is 0 Å². The summed E-state index contributed by atoms with van der Waals surface area (Å²) in [5.41, 5.74) is 1.35. The Labute approximate surface area is 113 Å². The molecule has 0 amide bonds. The molecule has 3 heteroatoms. The molecule has 0 radical (unpaired) electrons. The first-order valence-corrected chi connectivity index (χ1v) is 7.40. The zero-order valence-corrected chi connectivity index (χ0v) is 11.6. The van der Waals surface area contributed by atoms with Crippen molar-refractivity contribution in [2.24, 2.45) is 5.92 Å². The summed E-state index contributed by atoms with van der Waals surface area (Å²) < 4.78 is 1.06. The van der Waals surface area contributed by atoms with Crippen molar-refractivity contribution in [3.05, 3.63) is 56.7 Å². The number of benzene rings is 1. The van der Waals surface area contributed by atoms with Crippen molar-refractivity contribution in [1.29, 1.82) is 0 Å². The molecule has 1 saturated carbocycles. The van der Waals surface area contributed by atoms with E-state index in [1.54, 1.807) is 11.3 Å². The highest BCUT2D eigenvalue weighted by Crippen LogP contribution is 2.54. The maximum Gasteiger partial charge on any atom is 0.0916 e. The van der Waals surface area contributed by atoms with Gasteiger partial charge in [0.25, 0.3) is 0 Å². The van der Waals surface area contributed by atoms with Crippen LogP contribution in [-0.2, 0) is 0 Å². The summed E-state index contributed by atoms with van der Waals surface area (Å²) in [6.07, 6.45) is 0.789. The molecule has 1 aliphatic rings. The summed E-state index contributed by atoms with van der Waals surface area (Å²) >= 11 is 5.06. The summed E-state index contributed by atoms with van der Waals surface area (Å²) in [6.45, 7) is 0. The van der Waals surface area contributed by atoms with E-state index >= 15 is 0 Å². The van der Waals surface area contributed by atoms with Gasteiger partial charge in [0.1, 0.15) is 0 Å². The Hall–Kier alpha value is -0.640. The molecule has 88 valence electrons. The molecule has 3 rings (SSSR count). The third kappa shape index (κ3) is 2.32. The first kappa shape index (κ1) is 11.5. The fourth-order valence-corrected chi connectivity index (χ4v) is 3.85. The number of aliphatic hydroxyl groups is 1. The molecule has 1 heterocycles. The standard InChI is InChI=1S/C14H13BrOS/c15-10-6-13(17-8-10)14(16)12-7-11(12)9-4-2-1-3-5-9/h1-6,8,11-12,14,16H,7H2. The van der Waals surface area contributed by atoms with Gasteiger partial charge in [-0.15, -0.1) is 11.3 Å². The van der Waals surface area contributed by atoms with E-state index in [0.29, 0.717) is 11.8 Å². The molecular formula is C14H13BrOS. The maximum atomic E-state index is 10.3. The normalized spacial score (nSPS) is 24.6. The fraction of sp³-hybridized carbons (Fsp3) is 0.286. The number of rotatable bonds is 3. The van der Waals surface area contributed by atoms with Crippen LogP contribution in [-0.4, -0.2) is 5.11 Å². The fourth-order valence-electron chi connectivity index (χ4n) is 2.34. The van der Waals surface area contributed by atoms with E-state index in [-0.39, 0.29) is 6.10 Å². The SMILES string of the molecule is OC(c1cc(Br)cs1)C1CC1c1ccccc1. The Morgan fingerprint density at radius 3 is 2.71 bits per heavy atom. The minimum Gasteiger partial charge on any atom is -0.387 e. The second-order valence-corrected chi connectivity index (χ2v) is 6.39. The zero-order valence-electron chi connectivity index (χ0n) is 9.21. The average Bonchev–Trinajstić information content (AvgIpc) is 3.05. The number of thiophene rings is 1. The largest absolute Gasteiger partial charge is 0.387 e. The van der Waals surface area contributed by atoms with Crippen molar-refractivity contribution in [2.75, 3.05) is 0 Å². The lowest BCUT2D eigenvalue weighted by Crippen LogP contribution is -1.98. The predicted molar refractivity (Wildman–Crippen MR) is 74.3 cm³/mol. The highest BCUT2D eigenvalue weighted by molar-refractivity contribution is 9.10. The third-order valence-electron chi connectivity index (χ3n) is 3.35. The summed E-state index contributed by atoms with van der Waals surface area (Å²) in [6, 6.07) is 12.5. The van der Waals surface area contributed by atoms with E-state index in [1.165, 1.54) is 5.56 Å². The Bertz CT molecular complexity index is 508. The third-order valence-corrected chi connectivity index (χ3v) is 5.12. The van der Waals surface area contributed by atoms with E-state index in [4.69, 9.17) is 0 Å². The van der Waals surface area contributed by atoms with Crippen LogP contribution in [0.15, 0.2) is 46.3 Å². The number of aliphatic hydroxyl groups excluding tert-OH is 1. The summed E-state index contributed by atoms with van der Waals surface area (Å²) in [4.78, 5) is 1.07. The molecule has 0 spiro atoms. The van der Waals surface area contributed by atoms with Crippen LogP contribution in [0.2, 0.25) is 0 Å². The van der Waals surface area contributed by atoms with Crippen LogP contribution in [0, 0.1) is 5.92 Å². The molecule has 1 aromatic heterocycles. The highest BCUT2D eigenvalue weighted by atomic mass is 79.9. The van der Waals surface area contributed by atoms with Gasteiger partial charge in [-0.3, -0.25) is 0 Å². The van der Waals surface area contributed by atoms with Gasteiger partial charge in [-0.05, 0) is 45.8 Å². The van der Waals surface area contributed by atoms with E-state index in [9.17, 15) is 5.11 Å². The highest BCUT2D eigenvalue weighted by Gasteiger charge is 2.44. The second-order valence-electron chi connectivity index (χ2n) is 4.53. The van der Waals surface area contributed by atoms with Gasteiger partial charge >= 0.3 is 0 Å². The van der Waals surface area contributed by atoms with Crippen molar-refractivity contribution in [2.45, 2.75) is 18.4 Å². The van der Waals surface area contributed by atoms with Crippen LogP contribution in [0.5, 0.6) is 0 Å². The van der Waals surface area contributed by atoms with Gasteiger partial charge in [0.05, 0.1) is 6.10 Å². The molecule has 0 saturated heterocycles. The maximum absolute atomic E-state index is 10.3. The molecule has 1 N–H and O–H groups in total. The van der Waals surface area contributed by atoms with E-state index in [2.05, 4.69) is 40.2 Å². The first-order valence-electron chi connectivity index (χ1n) is 5.72. The predicted octanol–water partition coefficient (Wildman–Crippen LogP) is 4.35. The Balaban J connectivity index is 1.73. The zero-order chi connectivity index (χ0) is 11.8. The molecule has 1 nitrogen and oxygen atoms in total. The van der Waals surface area contributed by atoms with Crippen LogP contribution in [0.4, 0.5) is 0 Å². The Kier molecular flexibility index (Phi) is 3.07. The lowest BCUT2D eigenvalue weighted by Gasteiger charge is -2.07. The summed E-state index contributed by atoms with van der Waals surface area (Å²) in [5, 5.41) is 12.3. The van der Waals surface area contributed by atoms with Crippen LogP contribution in [0.3, 0.4) is 0 Å². The van der Waals surface area contributed by atoms with Crippen molar-refractivity contribution >= 4 is 27.3 Å². The van der Waals surface area contributed by atoms with E-state index in [0.717, 1.165) is 15.8 Å². The molecule has 2 aromatic rings. The minimum absolute atomic E-state index is 0.309. The van der Waals surface area contributed by atoms with Crippen molar-refractivity contribution in [3.63, 3.8) is 0 Å². The van der Waals surface area contributed by atoms with Crippen molar-refractivity contribution in [3.8, 4) is 0 Å². The smallest absolute Gasteiger partial charge is 0.0916 e. The second kappa shape index (κ2) is 4.56. The van der Waals surface area contributed by atoms with Gasteiger partial charge < -0.3 is 5.11 Å². The quantitative estimate of drug-likeness (QED) is 0.894. The van der Waals surface area contributed by atoms with Gasteiger partial charge in [0.15, 0.2) is 0 Å². The minimum atomic E-state index is -0.309. The molecule has 1 aromatic carbocycles. The summed E-state index contributed by atoms with van der Waals surface area (Å²) in [7, 11) is 0. The molecule has 0 bridgehead atoms. The van der Waals surface area contributed by atoms with Crippen LogP contribution in [0.25, 0.3) is 0 Å². The van der Waals surface area contributed by atoms with Crippen LogP contribution >= 0.6 is 27.3 Å².